The SMILES string of the molecule is CC1(CNC(=O)C2CCC(N)C2)CCOCC1. The second kappa shape index (κ2) is 5.36. The van der Waals surface area contributed by atoms with Crippen molar-refractivity contribution in [2.24, 2.45) is 17.1 Å². The van der Waals surface area contributed by atoms with Gasteiger partial charge in [0.1, 0.15) is 0 Å². The van der Waals surface area contributed by atoms with Gasteiger partial charge in [-0.2, -0.15) is 0 Å². The second-order valence-corrected chi connectivity index (χ2v) is 5.91. The summed E-state index contributed by atoms with van der Waals surface area (Å²) in [7, 11) is 0. The van der Waals surface area contributed by atoms with Crippen molar-refractivity contribution in [1.82, 2.24) is 5.32 Å². The third kappa shape index (κ3) is 3.42. The van der Waals surface area contributed by atoms with E-state index in [1.165, 1.54) is 0 Å². The van der Waals surface area contributed by atoms with Gasteiger partial charge in [-0.15, -0.1) is 0 Å². The monoisotopic (exact) mass is 240 g/mol. The van der Waals surface area contributed by atoms with Crippen LogP contribution in [0.2, 0.25) is 0 Å². The van der Waals surface area contributed by atoms with Crippen LogP contribution in [0.5, 0.6) is 0 Å². The van der Waals surface area contributed by atoms with Gasteiger partial charge >= 0.3 is 0 Å². The van der Waals surface area contributed by atoms with Gasteiger partial charge in [0.25, 0.3) is 0 Å². The van der Waals surface area contributed by atoms with Crippen LogP contribution in [0.1, 0.15) is 39.0 Å². The van der Waals surface area contributed by atoms with Gasteiger partial charge in [-0.1, -0.05) is 6.92 Å². The number of amides is 1. The van der Waals surface area contributed by atoms with Crippen molar-refractivity contribution in [3.63, 3.8) is 0 Å². The lowest BCUT2D eigenvalue weighted by molar-refractivity contribution is -0.125. The molecular weight excluding hydrogens is 216 g/mol. The summed E-state index contributed by atoms with van der Waals surface area (Å²) in [5.41, 5.74) is 6.05. The maximum Gasteiger partial charge on any atom is 0.223 e. The van der Waals surface area contributed by atoms with E-state index < -0.39 is 0 Å². The van der Waals surface area contributed by atoms with Crippen LogP contribution in [-0.2, 0) is 9.53 Å². The number of hydrogen-bond acceptors (Lipinski definition) is 3. The largest absolute Gasteiger partial charge is 0.381 e. The minimum Gasteiger partial charge on any atom is -0.381 e. The van der Waals surface area contributed by atoms with E-state index in [9.17, 15) is 4.79 Å². The highest BCUT2D eigenvalue weighted by Gasteiger charge is 2.31. The molecule has 0 radical (unpaired) electrons. The first-order valence-electron chi connectivity index (χ1n) is 6.70. The van der Waals surface area contributed by atoms with Gasteiger partial charge in [-0.25, -0.2) is 0 Å². The lowest BCUT2D eigenvalue weighted by Gasteiger charge is -2.33. The lowest BCUT2D eigenvalue weighted by atomic mass is 9.82. The Bertz CT molecular complexity index is 275. The second-order valence-electron chi connectivity index (χ2n) is 5.91. The predicted molar refractivity (Wildman–Crippen MR) is 66.5 cm³/mol. The molecule has 1 aliphatic carbocycles. The van der Waals surface area contributed by atoms with E-state index in [-0.39, 0.29) is 23.3 Å². The van der Waals surface area contributed by atoms with Gasteiger partial charge in [0.05, 0.1) is 0 Å². The Balaban J connectivity index is 1.75. The summed E-state index contributed by atoms with van der Waals surface area (Å²) < 4.78 is 5.36. The molecule has 0 aromatic carbocycles. The van der Waals surface area contributed by atoms with E-state index in [4.69, 9.17) is 10.5 Å². The number of carbonyl (C=O) groups is 1. The standard InChI is InChI=1S/C13H24N2O2/c1-13(4-6-17-7-5-13)9-15-12(16)10-2-3-11(14)8-10/h10-11H,2-9,14H2,1H3,(H,15,16). The smallest absolute Gasteiger partial charge is 0.223 e. The van der Waals surface area contributed by atoms with Gasteiger partial charge in [-0.05, 0) is 37.5 Å². The number of rotatable bonds is 3. The molecule has 98 valence electrons. The molecule has 0 spiro atoms. The molecule has 3 N–H and O–H groups in total. The molecule has 17 heavy (non-hydrogen) atoms. The predicted octanol–water partition coefficient (Wildman–Crippen LogP) is 1.05. The summed E-state index contributed by atoms with van der Waals surface area (Å²) in [6.07, 6.45) is 4.87. The van der Waals surface area contributed by atoms with Crippen LogP contribution in [0.3, 0.4) is 0 Å². The Morgan fingerprint density at radius 1 is 1.41 bits per heavy atom. The normalized spacial score (nSPS) is 32.4. The Labute approximate surface area is 103 Å². The van der Waals surface area contributed by atoms with E-state index in [2.05, 4.69) is 12.2 Å². The number of nitrogens with one attached hydrogen (secondary N) is 1. The molecule has 2 fully saturated rings. The maximum atomic E-state index is 12.0. The van der Waals surface area contributed by atoms with Crippen LogP contribution >= 0.6 is 0 Å². The minimum atomic E-state index is 0.147. The molecule has 0 aromatic rings. The molecule has 1 amide bonds. The molecule has 1 saturated heterocycles. The zero-order valence-electron chi connectivity index (χ0n) is 10.7. The van der Waals surface area contributed by atoms with E-state index in [0.29, 0.717) is 0 Å². The van der Waals surface area contributed by atoms with E-state index >= 15 is 0 Å². The molecule has 4 nitrogen and oxygen atoms in total. The first kappa shape index (κ1) is 12.8. The quantitative estimate of drug-likeness (QED) is 0.775. The topological polar surface area (TPSA) is 64.4 Å². The van der Waals surface area contributed by atoms with Gasteiger partial charge < -0.3 is 15.8 Å². The molecule has 0 aromatic heterocycles. The number of hydrogen-bond donors (Lipinski definition) is 2. The Hall–Kier alpha value is -0.610. The van der Waals surface area contributed by atoms with Gasteiger partial charge in [-0.3, -0.25) is 4.79 Å². The van der Waals surface area contributed by atoms with Gasteiger partial charge in [0, 0.05) is 31.7 Å². The molecule has 0 bridgehead atoms. The molecule has 4 heteroatoms. The maximum absolute atomic E-state index is 12.0. The van der Waals surface area contributed by atoms with Crippen LogP contribution in [0.15, 0.2) is 0 Å². The fourth-order valence-corrected chi connectivity index (χ4v) is 2.74. The summed E-state index contributed by atoms with van der Waals surface area (Å²) in [6.45, 7) is 4.65. The van der Waals surface area contributed by atoms with Crippen molar-refractivity contribution < 1.29 is 9.53 Å². The lowest BCUT2D eigenvalue weighted by Crippen LogP contribution is -2.41. The van der Waals surface area contributed by atoms with E-state index in [0.717, 1.165) is 51.9 Å². The van der Waals surface area contributed by atoms with Crippen molar-refractivity contribution in [2.75, 3.05) is 19.8 Å². The van der Waals surface area contributed by atoms with Crippen LogP contribution in [0.4, 0.5) is 0 Å². The molecule has 1 aliphatic heterocycles. The van der Waals surface area contributed by atoms with Crippen molar-refractivity contribution in [3.8, 4) is 0 Å². The molecule has 1 saturated carbocycles. The van der Waals surface area contributed by atoms with Crippen LogP contribution in [0, 0.1) is 11.3 Å². The summed E-state index contributed by atoms with van der Waals surface area (Å²) >= 11 is 0. The summed E-state index contributed by atoms with van der Waals surface area (Å²) in [4.78, 5) is 12.0. The van der Waals surface area contributed by atoms with Crippen molar-refractivity contribution in [1.29, 1.82) is 0 Å². The van der Waals surface area contributed by atoms with Crippen LogP contribution < -0.4 is 11.1 Å². The van der Waals surface area contributed by atoms with Crippen molar-refractivity contribution >= 4 is 5.91 Å². The highest BCUT2D eigenvalue weighted by Crippen LogP contribution is 2.29. The number of nitrogens with two attached hydrogens (primary N) is 1. The van der Waals surface area contributed by atoms with E-state index in [1.807, 2.05) is 0 Å². The average molecular weight is 240 g/mol. The fourth-order valence-electron chi connectivity index (χ4n) is 2.74. The summed E-state index contributed by atoms with van der Waals surface area (Å²) in [5.74, 6) is 0.346. The van der Waals surface area contributed by atoms with Gasteiger partial charge in [0.15, 0.2) is 0 Å². The van der Waals surface area contributed by atoms with Crippen molar-refractivity contribution in [3.05, 3.63) is 0 Å². The first-order chi connectivity index (χ1) is 8.09. The average Bonchev–Trinajstić information content (AvgIpc) is 2.74. The zero-order chi connectivity index (χ0) is 12.3. The molecular formula is C13H24N2O2. The molecule has 2 atom stereocenters. The highest BCUT2D eigenvalue weighted by atomic mass is 16.5. The zero-order valence-corrected chi connectivity index (χ0v) is 10.7. The minimum absolute atomic E-state index is 0.147. The molecule has 2 rings (SSSR count). The van der Waals surface area contributed by atoms with Gasteiger partial charge in [0.2, 0.25) is 5.91 Å². The summed E-state index contributed by atoms with van der Waals surface area (Å²) in [5, 5.41) is 3.11. The Morgan fingerprint density at radius 2 is 2.12 bits per heavy atom. The molecule has 2 unspecified atom stereocenters. The Morgan fingerprint density at radius 3 is 2.71 bits per heavy atom. The third-order valence-corrected chi connectivity index (χ3v) is 4.23. The number of ether oxygens (including phenoxy) is 1. The number of carbonyl (C=O) groups excluding carboxylic acids is 1. The highest BCUT2D eigenvalue weighted by molar-refractivity contribution is 5.79. The molecule has 2 aliphatic rings. The first-order valence-corrected chi connectivity index (χ1v) is 6.70. The van der Waals surface area contributed by atoms with E-state index in [1.54, 1.807) is 0 Å². The van der Waals surface area contributed by atoms with Crippen LogP contribution in [0.25, 0.3) is 0 Å². The third-order valence-electron chi connectivity index (χ3n) is 4.23. The van der Waals surface area contributed by atoms with Crippen LogP contribution in [-0.4, -0.2) is 31.7 Å². The fraction of sp³-hybridized carbons (Fsp3) is 0.923. The summed E-state index contributed by atoms with van der Waals surface area (Å²) in [6, 6.07) is 0.226. The van der Waals surface area contributed by atoms with Crippen molar-refractivity contribution in [2.45, 2.75) is 45.1 Å². The Kier molecular flexibility index (Phi) is 4.05. The molecule has 1 heterocycles.